The summed E-state index contributed by atoms with van der Waals surface area (Å²) in [7, 11) is 1.66. The predicted molar refractivity (Wildman–Crippen MR) is 122 cm³/mol. The first-order valence-electron chi connectivity index (χ1n) is 11.7. The normalized spacial score (nSPS) is 20.8. The average molecular weight is 445 g/mol. The minimum atomic E-state index is -0.468. The fourth-order valence-electron chi connectivity index (χ4n) is 4.61. The van der Waals surface area contributed by atoms with Gasteiger partial charge >= 0.3 is 6.09 Å². The second-order valence-corrected chi connectivity index (χ2v) is 10.1. The summed E-state index contributed by atoms with van der Waals surface area (Å²) in [5.74, 6) is 1.83. The Kier molecular flexibility index (Phi) is 6.56. The maximum atomic E-state index is 12.3. The molecule has 1 spiro atoms. The van der Waals surface area contributed by atoms with E-state index in [1.165, 1.54) is 12.8 Å². The molecule has 0 radical (unpaired) electrons. The number of benzene rings is 1. The van der Waals surface area contributed by atoms with E-state index in [4.69, 9.17) is 19.0 Å². The highest BCUT2D eigenvalue weighted by atomic mass is 16.7. The van der Waals surface area contributed by atoms with Crippen LogP contribution in [0.15, 0.2) is 24.3 Å². The van der Waals surface area contributed by atoms with Gasteiger partial charge in [-0.1, -0.05) is 12.8 Å². The minimum Gasteiger partial charge on any atom is -0.493 e. The molecule has 32 heavy (non-hydrogen) atoms. The lowest BCUT2D eigenvalue weighted by Crippen LogP contribution is -2.42. The number of carbonyl (C=O) groups excluding carboxylic acids is 1. The molecule has 0 bridgehead atoms. The van der Waals surface area contributed by atoms with Crippen LogP contribution in [0.25, 0.3) is 5.70 Å². The Hall–Kier alpha value is -2.41. The molecule has 176 valence electrons. The molecule has 3 aliphatic rings. The van der Waals surface area contributed by atoms with Gasteiger partial charge in [0.25, 0.3) is 0 Å². The molecule has 1 saturated carbocycles. The van der Waals surface area contributed by atoms with Crippen molar-refractivity contribution in [3.05, 3.63) is 29.8 Å². The van der Waals surface area contributed by atoms with Crippen molar-refractivity contribution < 1.29 is 23.8 Å². The number of hydroxylamine groups is 1. The van der Waals surface area contributed by atoms with Crippen LogP contribution in [-0.2, 0) is 9.57 Å². The molecule has 1 aromatic rings. The Labute approximate surface area is 191 Å². The molecule has 0 aromatic heterocycles. The first kappa shape index (κ1) is 22.8. The van der Waals surface area contributed by atoms with Crippen LogP contribution < -0.4 is 15.0 Å². The van der Waals surface area contributed by atoms with Gasteiger partial charge in [-0.2, -0.15) is 0 Å². The van der Waals surface area contributed by atoms with Crippen molar-refractivity contribution in [3.8, 4) is 11.5 Å². The third-order valence-corrected chi connectivity index (χ3v) is 6.44. The van der Waals surface area contributed by atoms with E-state index in [9.17, 15) is 4.79 Å². The zero-order valence-corrected chi connectivity index (χ0v) is 19.7. The van der Waals surface area contributed by atoms with Crippen molar-refractivity contribution in [1.82, 2.24) is 10.4 Å². The topological polar surface area (TPSA) is 69.3 Å². The van der Waals surface area contributed by atoms with Crippen molar-refractivity contribution in [2.24, 2.45) is 5.92 Å². The molecule has 1 saturated heterocycles. The van der Waals surface area contributed by atoms with Crippen molar-refractivity contribution in [1.29, 1.82) is 0 Å². The van der Waals surface area contributed by atoms with E-state index >= 15 is 0 Å². The number of rotatable bonds is 5. The third kappa shape index (κ3) is 5.31. The number of amides is 1. The molecule has 1 amide bonds. The van der Waals surface area contributed by atoms with Crippen LogP contribution in [0.1, 0.15) is 64.9 Å². The Morgan fingerprint density at radius 3 is 2.56 bits per heavy atom. The van der Waals surface area contributed by atoms with Gasteiger partial charge in [0.1, 0.15) is 11.2 Å². The predicted octanol–water partition coefficient (Wildman–Crippen LogP) is 4.91. The standard InChI is InChI=1S/C25H36N2O5/c1-24(2,3)31-23(28)27-13-9-18(10-14-27)17-30-22-15-19(7-8-21(22)29-4)20-16-25(32-26-20)11-5-6-12-25/h7-8,15-16,18,26H,5-6,9-14,17H2,1-4H3. The highest BCUT2D eigenvalue weighted by Gasteiger charge is 2.38. The van der Waals surface area contributed by atoms with Gasteiger partial charge in [-0.3, -0.25) is 10.3 Å². The van der Waals surface area contributed by atoms with Gasteiger partial charge in [0.15, 0.2) is 11.5 Å². The van der Waals surface area contributed by atoms with Crippen LogP contribution in [0.5, 0.6) is 11.5 Å². The largest absolute Gasteiger partial charge is 0.493 e. The number of carbonyl (C=O) groups is 1. The number of hydrogen-bond acceptors (Lipinski definition) is 6. The number of likely N-dealkylation sites (tertiary alicyclic amines) is 1. The molecule has 2 aliphatic heterocycles. The van der Waals surface area contributed by atoms with Crippen molar-refractivity contribution in [2.75, 3.05) is 26.8 Å². The molecule has 1 N–H and O–H groups in total. The molecular formula is C25H36N2O5. The number of hydrogen-bond donors (Lipinski definition) is 1. The van der Waals surface area contributed by atoms with E-state index in [0.717, 1.165) is 48.4 Å². The lowest BCUT2D eigenvalue weighted by atomic mass is 9.98. The quantitative estimate of drug-likeness (QED) is 0.696. The van der Waals surface area contributed by atoms with E-state index in [2.05, 4.69) is 11.6 Å². The van der Waals surface area contributed by atoms with Gasteiger partial charge in [-0.25, -0.2) is 4.79 Å². The highest BCUT2D eigenvalue weighted by Crippen LogP contribution is 2.40. The van der Waals surface area contributed by atoms with Gasteiger partial charge in [0, 0.05) is 18.7 Å². The summed E-state index contributed by atoms with van der Waals surface area (Å²) in [5, 5.41) is 0. The van der Waals surface area contributed by atoms with Gasteiger partial charge < -0.3 is 19.1 Å². The van der Waals surface area contributed by atoms with E-state index in [-0.39, 0.29) is 11.7 Å². The molecule has 2 heterocycles. The number of ether oxygens (including phenoxy) is 3. The molecule has 1 aliphatic carbocycles. The summed E-state index contributed by atoms with van der Waals surface area (Å²) < 4.78 is 17.2. The molecule has 0 unspecified atom stereocenters. The van der Waals surface area contributed by atoms with Crippen LogP contribution in [-0.4, -0.2) is 49.0 Å². The summed E-state index contributed by atoms with van der Waals surface area (Å²) >= 11 is 0. The smallest absolute Gasteiger partial charge is 0.410 e. The SMILES string of the molecule is COc1ccc(C2=CC3(CCCC3)ON2)cc1OCC1CCN(C(=O)OC(C)(C)C)CC1. The van der Waals surface area contributed by atoms with Crippen molar-refractivity contribution in [3.63, 3.8) is 0 Å². The maximum absolute atomic E-state index is 12.3. The monoisotopic (exact) mass is 444 g/mol. The number of piperidine rings is 1. The maximum Gasteiger partial charge on any atom is 0.410 e. The highest BCUT2D eigenvalue weighted by molar-refractivity contribution is 5.69. The van der Waals surface area contributed by atoms with Gasteiger partial charge in [0.2, 0.25) is 0 Å². The fourth-order valence-corrected chi connectivity index (χ4v) is 4.61. The fraction of sp³-hybridized carbons (Fsp3) is 0.640. The Morgan fingerprint density at radius 2 is 1.91 bits per heavy atom. The van der Waals surface area contributed by atoms with Crippen molar-refractivity contribution in [2.45, 2.75) is 70.5 Å². The molecular weight excluding hydrogens is 408 g/mol. The minimum absolute atomic E-state index is 0.154. The molecule has 7 heteroatoms. The van der Waals surface area contributed by atoms with Crippen LogP contribution in [0.3, 0.4) is 0 Å². The molecule has 4 rings (SSSR count). The Balaban J connectivity index is 1.35. The van der Waals surface area contributed by atoms with E-state index in [0.29, 0.717) is 25.6 Å². The zero-order chi connectivity index (χ0) is 22.8. The zero-order valence-electron chi connectivity index (χ0n) is 19.7. The first-order valence-corrected chi connectivity index (χ1v) is 11.7. The van der Waals surface area contributed by atoms with Gasteiger partial charge in [-0.15, -0.1) is 0 Å². The third-order valence-electron chi connectivity index (χ3n) is 6.44. The van der Waals surface area contributed by atoms with Gasteiger partial charge in [-0.05, 0) is 76.6 Å². The van der Waals surface area contributed by atoms with E-state index < -0.39 is 5.60 Å². The molecule has 0 atom stereocenters. The number of nitrogens with one attached hydrogen (secondary N) is 1. The van der Waals surface area contributed by atoms with E-state index in [1.807, 2.05) is 39.0 Å². The average Bonchev–Trinajstić information content (AvgIpc) is 3.41. The summed E-state index contributed by atoms with van der Waals surface area (Å²) in [5.41, 5.74) is 4.52. The summed E-state index contributed by atoms with van der Waals surface area (Å²) in [6.45, 7) is 7.65. The summed E-state index contributed by atoms with van der Waals surface area (Å²) in [4.78, 5) is 20.0. The lowest BCUT2D eigenvalue weighted by Gasteiger charge is -2.33. The Morgan fingerprint density at radius 1 is 1.19 bits per heavy atom. The number of nitrogens with zero attached hydrogens (tertiary/aromatic N) is 1. The second kappa shape index (κ2) is 9.22. The van der Waals surface area contributed by atoms with Crippen molar-refractivity contribution >= 4 is 11.8 Å². The first-order chi connectivity index (χ1) is 15.3. The molecule has 2 fully saturated rings. The lowest BCUT2D eigenvalue weighted by molar-refractivity contribution is -0.0289. The summed E-state index contributed by atoms with van der Waals surface area (Å²) in [6, 6.07) is 5.99. The van der Waals surface area contributed by atoms with Crippen LogP contribution in [0.4, 0.5) is 4.79 Å². The molecule has 7 nitrogen and oxygen atoms in total. The Bertz CT molecular complexity index is 846. The van der Waals surface area contributed by atoms with Crippen LogP contribution in [0.2, 0.25) is 0 Å². The second-order valence-electron chi connectivity index (χ2n) is 10.1. The van der Waals surface area contributed by atoms with Crippen LogP contribution in [0, 0.1) is 5.92 Å². The van der Waals surface area contributed by atoms with Gasteiger partial charge in [0.05, 0.1) is 19.4 Å². The summed E-state index contributed by atoms with van der Waals surface area (Å²) in [6.07, 6.45) is 8.30. The number of methoxy groups -OCH3 is 1. The van der Waals surface area contributed by atoms with E-state index in [1.54, 1.807) is 12.0 Å². The molecule has 1 aromatic carbocycles. The van der Waals surface area contributed by atoms with Crippen LogP contribution >= 0.6 is 0 Å².